The van der Waals surface area contributed by atoms with Crippen LogP contribution in [0.3, 0.4) is 0 Å². The van der Waals surface area contributed by atoms with E-state index in [4.69, 9.17) is 17.3 Å². The maximum absolute atomic E-state index is 12.4. The van der Waals surface area contributed by atoms with Crippen LogP contribution >= 0.6 is 11.6 Å². The molecule has 0 atom stereocenters. The minimum absolute atomic E-state index is 0.145. The van der Waals surface area contributed by atoms with Gasteiger partial charge in [-0.2, -0.15) is 0 Å². The smallest absolute Gasteiger partial charge is 0.241 e. The van der Waals surface area contributed by atoms with E-state index < -0.39 is 15.6 Å². The molecule has 108 valence electrons. The summed E-state index contributed by atoms with van der Waals surface area (Å²) in [6.07, 6.45) is 2.21. The number of hydrogen-bond acceptors (Lipinski definition) is 3. The Hall–Kier alpha value is -0.780. The summed E-state index contributed by atoms with van der Waals surface area (Å²) in [5.74, 6) is 0. The zero-order valence-electron chi connectivity index (χ0n) is 11.5. The molecule has 1 aromatic carbocycles. The van der Waals surface area contributed by atoms with Gasteiger partial charge in [0, 0.05) is 5.54 Å². The molecule has 0 amide bonds. The van der Waals surface area contributed by atoms with Crippen LogP contribution in [-0.2, 0) is 10.0 Å². The van der Waals surface area contributed by atoms with Gasteiger partial charge in [0.1, 0.15) is 0 Å². The molecular formula is C13H21ClN2O2S. The normalized spacial score (nSPS) is 12.6. The van der Waals surface area contributed by atoms with Crippen LogP contribution < -0.4 is 10.5 Å². The largest absolute Gasteiger partial charge is 0.398 e. The van der Waals surface area contributed by atoms with Gasteiger partial charge in [0.2, 0.25) is 10.0 Å². The second-order valence-corrected chi connectivity index (χ2v) is 6.72. The molecule has 0 radical (unpaired) electrons. The lowest BCUT2D eigenvalue weighted by Gasteiger charge is -2.31. The van der Waals surface area contributed by atoms with Gasteiger partial charge >= 0.3 is 0 Å². The van der Waals surface area contributed by atoms with E-state index in [1.807, 2.05) is 20.8 Å². The first kappa shape index (κ1) is 16.3. The summed E-state index contributed by atoms with van der Waals surface area (Å²) in [5, 5.41) is 0.248. The number of anilines is 1. The molecule has 19 heavy (non-hydrogen) atoms. The van der Waals surface area contributed by atoms with Gasteiger partial charge < -0.3 is 5.73 Å². The van der Waals surface area contributed by atoms with Crippen molar-refractivity contribution in [1.82, 2.24) is 4.72 Å². The molecule has 0 spiro atoms. The van der Waals surface area contributed by atoms with E-state index in [1.165, 1.54) is 18.2 Å². The van der Waals surface area contributed by atoms with Crippen molar-refractivity contribution in [2.45, 2.75) is 50.5 Å². The van der Waals surface area contributed by atoms with E-state index in [-0.39, 0.29) is 9.92 Å². The van der Waals surface area contributed by atoms with E-state index in [9.17, 15) is 8.42 Å². The van der Waals surface area contributed by atoms with E-state index in [2.05, 4.69) is 4.72 Å². The molecule has 3 N–H and O–H groups in total. The number of halogens is 1. The van der Waals surface area contributed by atoms with Crippen molar-refractivity contribution in [3.05, 3.63) is 23.2 Å². The van der Waals surface area contributed by atoms with Gasteiger partial charge in [-0.25, -0.2) is 13.1 Å². The zero-order valence-corrected chi connectivity index (χ0v) is 13.1. The number of nitrogens with one attached hydrogen (secondary N) is 1. The molecule has 1 aromatic rings. The summed E-state index contributed by atoms with van der Waals surface area (Å²) in [4.78, 5) is 0.145. The molecule has 0 saturated carbocycles. The zero-order chi connectivity index (χ0) is 14.7. The van der Waals surface area contributed by atoms with Crippen LogP contribution in [0.25, 0.3) is 0 Å². The van der Waals surface area contributed by atoms with Gasteiger partial charge in [0.25, 0.3) is 0 Å². The van der Waals surface area contributed by atoms with Gasteiger partial charge in [-0.05, 0) is 37.5 Å². The number of nitrogens with two attached hydrogens (primary N) is 1. The average molecular weight is 305 g/mol. The Morgan fingerprint density at radius 3 is 2.16 bits per heavy atom. The fourth-order valence-electron chi connectivity index (χ4n) is 1.99. The van der Waals surface area contributed by atoms with Gasteiger partial charge in [0.15, 0.2) is 0 Å². The van der Waals surface area contributed by atoms with Crippen molar-refractivity contribution in [1.29, 1.82) is 0 Å². The maximum Gasteiger partial charge on any atom is 0.241 e. The molecular weight excluding hydrogens is 284 g/mol. The Morgan fingerprint density at radius 2 is 1.74 bits per heavy atom. The highest BCUT2D eigenvalue weighted by molar-refractivity contribution is 7.89. The summed E-state index contributed by atoms with van der Waals surface area (Å²) < 4.78 is 27.5. The Bertz CT molecular complexity index is 531. The quantitative estimate of drug-likeness (QED) is 0.793. The summed E-state index contributed by atoms with van der Waals surface area (Å²) >= 11 is 5.88. The van der Waals surface area contributed by atoms with E-state index >= 15 is 0 Å². The summed E-state index contributed by atoms with van der Waals surface area (Å²) in [6.45, 7) is 5.93. The molecule has 0 fully saturated rings. The highest BCUT2D eigenvalue weighted by Crippen LogP contribution is 2.26. The monoisotopic (exact) mass is 304 g/mol. The van der Waals surface area contributed by atoms with Crippen molar-refractivity contribution in [2.24, 2.45) is 0 Å². The third-order valence-corrected chi connectivity index (χ3v) is 5.57. The van der Waals surface area contributed by atoms with Crippen LogP contribution in [0.4, 0.5) is 5.69 Å². The molecule has 0 aliphatic heterocycles. The van der Waals surface area contributed by atoms with Crippen LogP contribution in [0.15, 0.2) is 23.1 Å². The molecule has 6 heteroatoms. The Kier molecular flexibility index (Phi) is 5.24. The second-order valence-electron chi connectivity index (χ2n) is 4.63. The van der Waals surface area contributed by atoms with Crippen LogP contribution in [0.2, 0.25) is 5.02 Å². The first-order valence-corrected chi connectivity index (χ1v) is 8.25. The van der Waals surface area contributed by atoms with Crippen molar-refractivity contribution < 1.29 is 8.42 Å². The molecule has 0 aliphatic rings. The van der Waals surface area contributed by atoms with Crippen molar-refractivity contribution in [3.63, 3.8) is 0 Å². The predicted molar refractivity (Wildman–Crippen MR) is 79.8 cm³/mol. The fraction of sp³-hybridized carbons (Fsp3) is 0.538. The van der Waals surface area contributed by atoms with E-state index in [0.29, 0.717) is 5.69 Å². The molecule has 0 aromatic heterocycles. The first-order chi connectivity index (χ1) is 8.80. The Labute approximate surface area is 120 Å². The Balaban J connectivity index is 3.14. The van der Waals surface area contributed by atoms with Gasteiger partial charge in [-0.1, -0.05) is 32.4 Å². The lowest BCUT2D eigenvalue weighted by atomic mass is 9.91. The molecule has 0 saturated heterocycles. The molecule has 4 nitrogen and oxygen atoms in total. The molecule has 0 heterocycles. The van der Waals surface area contributed by atoms with E-state index in [1.54, 1.807) is 0 Å². The number of benzene rings is 1. The highest BCUT2D eigenvalue weighted by Gasteiger charge is 2.30. The third kappa shape index (κ3) is 3.61. The van der Waals surface area contributed by atoms with Crippen LogP contribution in [-0.4, -0.2) is 14.0 Å². The fourth-order valence-corrected chi connectivity index (χ4v) is 3.87. The SMILES string of the molecule is CCC(CC)(CC)NS(=O)(=O)c1ccc(N)c(Cl)c1. The standard InChI is InChI=1S/C13H21ClN2O2S/c1-4-13(5-2,6-3)16-19(17,18)10-7-8-12(15)11(14)9-10/h7-9,16H,4-6,15H2,1-3H3. The topological polar surface area (TPSA) is 72.2 Å². The van der Waals surface area contributed by atoms with Crippen molar-refractivity contribution in [3.8, 4) is 0 Å². The second kappa shape index (κ2) is 6.11. The van der Waals surface area contributed by atoms with Crippen LogP contribution in [0, 0.1) is 0 Å². The summed E-state index contributed by atoms with van der Waals surface area (Å²) in [5.41, 5.74) is 5.55. The molecule has 0 aliphatic carbocycles. The van der Waals surface area contributed by atoms with Crippen molar-refractivity contribution >= 4 is 27.3 Å². The van der Waals surface area contributed by atoms with Gasteiger partial charge in [0.05, 0.1) is 15.6 Å². The van der Waals surface area contributed by atoms with E-state index in [0.717, 1.165) is 19.3 Å². The molecule has 1 rings (SSSR count). The number of nitrogen functional groups attached to an aromatic ring is 1. The molecule has 0 unspecified atom stereocenters. The lowest BCUT2D eigenvalue weighted by Crippen LogP contribution is -2.46. The molecule has 0 bridgehead atoms. The number of rotatable bonds is 6. The minimum atomic E-state index is -3.58. The first-order valence-electron chi connectivity index (χ1n) is 6.39. The average Bonchev–Trinajstić information content (AvgIpc) is 2.39. The third-order valence-electron chi connectivity index (χ3n) is 3.66. The summed E-state index contributed by atoms with van der Waals surface area (Å²) in [6, 6.07) is 4.35. The number of sulfonamides is 1. The number of hydrogen-bond donors (Lipinski definition) is 2. The lowest BCUT2D eigenvalue weighted by molar-refractivity contribution is 0.341. The summed E-state index contributed by atoms with van der Waals surface area (Å²) in [7, 11) is -3.58. The maximum atomic E-state index is 12.4. The Morgan fingerprint density at radius 1 is 1.21 bits per heavy atom. The minimum Gasteiger partial charge on any atom is -0.398 e. The van der Waals surface area contributed by atoms with Crippen LogP contribution in [0.5, 0.6) is 0 Å². The van der Waals surface area contributed by atoms with Crippen molar-refractivity contribution in [2.75, 3.05) is 5.73 Å². The van der Waals surface area contributed by atoms with Crippen LogP contribution in [0.1, 0.15) is 40.0 Å². The van der Waals surface area contributed by atoms with Gasteiger partial charge in [-0.3, -0.25) is 0 Å². The highest BCUT2D eigenvalue weighted by atomic mass is 35.5. The van der Waals surface area contributed by atoms with Gasteiger partial charge in [-0.15, -0.1) is 0 Å². The predicted octanol–water partition coefficient (Wildman–Crippen LogP) is 3.17.